The lowest BCUT2D eigenvalue weighted by Crippen LogP contribution is -2.29. The zero-order chi connectivity index (χ0) is 42.8. The highest BCUT2D eigenvalue weighted by atomic mass is 32.1. The van der Waals surface area contributed by atoms with Crippen LogP contribution in [0.3, 0.4) is 0 Å². The van der Waals surface area contributed by atoms with Crippen molar-refractivity contribution in [3.05, 3.63) is 211 Å². The van der Waals surface area contributed by atoms with Crippen LogP contribution in [0.5, 0.6) is 0 Å². The van der Waals surface area contributed by atoms with Gasteiger partial charge in [-0.15, -0.1) is 11.3 Å². The van der Waals surface area contributed by atoms with Crippen LogP contribution in [0.2, 0.25) is 0 Å². The maximum atomic E-state index is 7.31. The molecule has 0 amide bonds. The fourth-order valence-corrected chi connectivity index (χ4v) is 12.2. The molecule has 1 aliphatic rings. The second-order valence-corrected chi connectivity index (χ2v) is 18.5. The van der Waals surface area contributed by atoms with E-state index < -0.39 is 0 Å². The fourth-order valence-electron chi connectivity index (χ4n) is 10.9. The van der Waals surface area contributed by atoms with Crippen LogP contribution in [0.15, 0.2) is 209 Å². The molecule has 306 valence electrons. The SMILES string of the molecule is CCC1C(c2cccc3c2sc2ccccc23)=NC(c2ccccc2)=NC1c1ccc2c(oc3cc4ccccc4cc32)c1-n1c2cc3ccccc3cc2c2c3ccccc3ccc21. The molecule has 2 unspecified atom stereocenters. The van der Waals surface area contributed by atoms with E-state index in [0.717, 1.165) is 73.1 Å². The third-order valence-electron chi connectivity index (χ3n) is 13.9. The van der Waals surface area contributed by atoms with Gasteiger partial charge in [0.2, 0.25) is 0 Å². The zero-order valence-corrected chi connectivity index (χ0v) is 36.3. The van der Waals surface area contributed by atoms with E-state index in [-0.39, 0.29) is 12.0 Å². The highest BCUT2D eigenvalue weighted by Crippen LogP contribution is 2.48. The molecular weight excluding hydrogens is 811 g/mol. The number of aromatic nitrogens is 1. The largest absolute Gasteiger partial charge is 0.454 e. The van der Waals surface area contributed by atoms with E-state index in [0.29, 0.717) is 0 Å². The predicted octanol–water partition coefficient (Wildman–Crippen LogP) is 16.5. The second kappa shape index (κ2) is 14.1. The normalized spacial score (nSPS) is 15.7. The van der Waals surface area contributed by atoms with Crippen LogP contribution in [-0.4, -0.2) is 16.1 Å². The van der Waals surface area contributed by atoms with Crippen molar-refractivity contribution in [1.29, 1.82) is 0 Å². The molecule has 0 radical (unpaired) electrons. The van der Waals surface area contributed by atoms with Gasteiger partial charge in [-0.1, -0.05) is 159 Å². The van der Waals surface area contributed by atoms with E-state index in [1.54, 1.807) is 0 Å². The maximum Gasteiger partial charge on any atom is 0.159 e. The molecule has 13 aromatic rings. The van der Waals surface area contributed by atoms with Crippen LogP contribution in [-0.2, 0) is 0 Å². The Morgan fingerprint density at radius 2 is 1.22 bits per heavy atom. The summed E-state index contributed by atoms with van der Waals surface area (Å²) in [7, 11) is 0. The van der Waals surface area contributed by atoms with Crippen LogP contribution < -0.4 is 0 Å². The van der Waals surface area contributed by atoms with Gasteiger partial charge in [-0.2, -0.15) is 0 Å². The first kappa shape index (κ1) is 36.6. The first-order valence-corrected chi connectivity index (χ1v) is 23.4. The number of fused-ring (bicyclic) bond motifs is 13. The molecule has 0 N–H and O–H groups in total. The summed E-state index contributed by atoms with van der Waals surface area (Å²) in [6.45, 7) is 2.30. The standard InChI is InChI=1S/C60H39N3OS/c1-2-41-55(61-60(36-16-4-3-5-17-36)62-56(41)47-25-14-24-45-43-23-12-13-26-53(43)65-59(45)47)46-29-28-44-48-31-37-18-7-9-21-40(37)34-52(48)64-58(44)57(46)63-50-30-27-35-15-10-11-22-42(35)54(50)49-32-38-19-6-8-20-39(38)33-51(49)63/h3-34,41,55H,2H2,1H3. The molecule has 0 fully saturated rings. The lowest BCUT2D eigenvalue weighted by atomic mass is 9.82. The lowest BCUT2D eigenvalue weighted by molar-refractivity contribution is 0.531. The number of benzene rings is 10. The average molecular weight is 850 g/mol. The summed E-state index contributed by atoms with van der Waals surface area (Å²) in [5.41, 5.74) is 9.38. The summed E-state index contributed by atoms with van der Waals surface area (Å²) in [5, 5.41) is 14.4. The van der Waals surface area contributed by atoms with Gasteiger partial charge in [0.1, 0.15) is 5.58 Å². The van der Waals surface area contributed by atoms with Crippen LogP contribution in [0.1, 0.15) is 36.1 Å². The quantitative estimate of drug-likeness (QED) is 0.170. The van der Waals surface area contributed by atoms with Crippen molar-refractivity contribution >= 4 is 119 Å². The highest BCUT2D eigenvalue weighted by Gasteiger charge is 2.36. The number of thiophene rings is 1. The van der Waals surface area contributed by atoms with Crippen molar-refractivity contribution in [3.8, 4) is 5.69 Å². The molecule has 14 rings (SSSR count). The summed E-state index contributed by atoms with van der Waals surface area (Å²) >= 11 is 1.86. The van der Waals surface area contributed by atoms with Crippen LogP contribution in [0, 0.1) is 5.92 Å². The molecule has 0 spiro atoms. The summed E-state index contributed by atoms with van der Waals surface area (Å²) in [6.07, 6.45) is 0.835. The molecule has 0 saturated carbocycles. The van der Waals surface area contributed by atoms with Crippen molar-refractivity contribution in [3.63, 3.8) is 0 Å². The second-order valence-electron chi connectivity index (χ2n) is 17.5. The summed E-state index contributed by atoms with van der Waals surface area (Å²) in [4.78, 5) is 11.4. The van der Waals surface area contributed by atoms with E-state index in [4.69, 9.17) is 14.4 Å². The molecule has 1 aliphatic heterocycles. The van der Waals surface area contributed by atoms with Crippen molar-refractivity contribution < 1.29 is 4.42 Å². The molecule has 10 aromatic carbocycles. The smallest absolute Gasteiger partial charge is 0.159 e. The molecule has 4 heterocycles. The van der Waals surface area contributed by atoms with Gasteiger partial charge in [-0.3, -0.25) is 4.99 Å². The number of furan rings is 1. The number of nitrogens with zero attached hydrogens (tertiary/aromatic N) is 3. The molecule has 0 bridgehead atoms. The Hall–Kier alpha value is -7.86. The number of hydrogen-bond acceptors (Lipinski definition) is 4. The van der Waals surface area contributed by atoms with Gasteiger partial charge < -0.3 is 8.98 Å². The van der Waals surface area contributed by atoms with E-state index in [2.05, 4.69) is 206 Å². The van der Waals surface area contributed by atoms with E-state index in [1.807, 2.05) is 11.3 Å². The Kier molecular flexibility index (Phi) is 7.92. The van der Waals surface area contributed by atoms with Gasteiger partial charge in [0, 0.05) is 64.3 Å². The number of hydrogen-bond donors (Lipinski definition) is 0. The first-order valence-electron chi connectivity index (χ1n) is 22.5. The molecule has 4 nitrogen and oxygen atoms in total. The monoisotopic (exact) mass is 849 g/mol. The fraction of sp³-hybridized carbons (Fsp3) is 0.0667. The molecular formula is C60H39N3OS. The maximum absolute atomic E-state index is 7.31. The molecule has 0 aliphatic carbocycles. The van der Waals surface area contributed by atoms with Gasteiger partial charge in [0.15, 0.2) is 11.4 Å². The van der Waals surface area contributed by atoms with E-state index in [1.165, 1.54) is 63.4 Å². The van der Waals surface area contributed by atoms with Crippen molar-refractivity contribution in [2.45, 2.75) is 19.4 Å². The van der Waals surface area contributed by atoms with E-state index in [9.17, 15) is 0 Å². The molecule has 0 saturated heterocycles. The number of aliphatic imine (C=N–C) groups is 2. The minimum Gasteiger partial charge on any atom is -0.454 e. The summed E-state index contributed by atoms with van der Waals surface area (Å²) in [6, 6.07) is 70.3. The average Bonchev–Trinajstić information content (AvgIpc) is 4.03. The van der Waals surface area contributed by atoms with Crippen molar-refractivity contribution in [2.24, 2.45) is 15.9 Å². The van der Waals surface area contributed by atoms with Crippen LogP contribution in [0.25, 0.3) is 102 Å². The Morgan fingerprint density at radius 1 is 0.538 bits per heavy atom. The minimum atomic E-state index is -0.299. The lowest BCUT2D eigenvalue weighted by Gasteiger charge is -2.31. The van der Waals surface area contributed by atoms with E-state index >= 15 is 0 Å². The Labute approximate surface area is 378 Å². The Morgan fingerprint density at radius 3 is 2.02 bits per heavy atom. The topological polar surface area (TPSA) is 42.8 Å². The first-order chi connectivity index (χ1) is 32.2. The van der Waals surface area contributed by atoms with Crippen molar-refractivity contribution in [2.75, 3.05) is 0 Å². The third kappa shape index (κ3) is 5.43. The van der Waals surface area contributed by atoms with Crippen molar-refractivity contribution in [1.82, 2.24) is 4.57 Å². The summed E-state index contributed by atoms with van der Waals surface area (Å²) in [5.74, 6) is 0.700. The predicted molar refractivity (Wildman–Crippen MR) is 276 cm³/mol. The van der Waals surface area contributed by atoms with Gasteiger partial charge in [0.25, 0.3) is 0 Å². The third-order valence-corrected chi connectivity index (χ3v) is 15.2. The van der Waals surface area contributed by atoms with Crippen LogP contribution in [0.4, 0.5) is 0 Å². The minimum absolute atomic E-state index is 0.0452. The molecule has 3 aromatic heterocycles. The van der Waals surface area contributed by atoms with Gasteiger partial charge in [0.05, 0.1) is 28.5 Å². The Bertz CT molecular complexity index is 4190. The number of rotatable bonds is 5. The highest BCUT2D eigenvalue weighted by molar-refractivity contribution is 7.26. The Balaban J connectivity index is 1.12. The molecule has 5 heteroatoms. The molecule has 2 atom stereocenters. The van der Waals surface area contributed by atoms with Crippen LogP contribution >= 0.6 is 11.3 Å². The molecule has 65 heavy (non-hydrogen) atoms. The number of amidine groups is 1. The van der Waals surface area contributed by atoms with Gasteiger partial charge in [-0.05, 0) is 81.2 Å². The summed E-state index contributed by atoms with van der Waals surface area (Å²) < 4.78 is 12.4. The zero-order valence-electron chi connectivity index (χ0n) is 35.5. The van der Waals surface area contributed by atoms with Gasteiger partial charge >= 0.3 is 0 Å². The van der Waals surface area contributed by atoms with Gasteiger partial charge in [-0.25, -0.2) is 4.99 Å².